The van der Waals surface area contributed by atoms with Gasteiger partial charge in [-0.25, -0.2) is 4.79 Å². The average molecular weight is 170 g/mol. The first kappa shape index (κ1) is 9.06. The predicted molar refractivity (Wildman–Crippen MR) is 45.7 cm³/mol. The van der Waals surface area contributed by atoms with Gasteiger partial charge in [0.2, 0.25) is 0 Å². The number of rotatable bonds is 1. The Morgan fingerprint density at radius 2 is 2.08 bits per heavy atom. The number of nitrogens with one attached hydrogen (secondary N) is 1. The van der Waals surface area contributed by atoms with Crippen molar-refractivity contribution in [2.45, 2.75) is 6.92 Å². The van der Waals surface area contributed by atoms with Crippen molar-refractivity contribution in [1.82, 2.24) is 10.2 Å². The topological polar surface area (TPSA) is 41.6 Å². The minimum absolute atomic E-state index is 0.288. The number of hydrogen-bond donors (Lipinski definition) is 1. The number of amides is 1. The van der Waals surface area contributed by atoms with Crippen molar-refractivity contribution in [3.05, 3.63) is 12.3 Å². The number of piperazine rings is 1. The van der Waals surface area contributed by atoms with E-state index in [9.17, 15) is 4.79 Å². The van der Waals surface area contributed by atoms with Gasteiger partial charge in [0.1, 0.15) is 0 Å². The van der Waals surface area contributed by atoms with Crippen LogP contribution in [-0.2, 0) is 4.74 Å². The van der Waals surface area contributed by atoms with Crippen molar-refractivity contribution >= 4 is 6.09 Å². The fourth-order valence-electron chi connectivity index (χ4n) is 1.06. The summed E-state index contributed by atoms with van der Waals surface area (Å²) in [6, 6.07) is 0. The molecule has 0 radical (unpaired) electrons. The van der Waals surface area contributed by atoms with Crippen LogP contribution in [-0.4, -0.2) is 37.2 Å². The quantitative estimate of drug-likeness (QED) is 0.585. The summed E-state index contributed by atoms with van der Waals surface area (Å²) in [4.78, 5) is 12.9. The summed E-state index contributed by atoms with van der Waals surface area (Å²) >= 11 is 0. The number of ether oxygens (including phenoxy) is 1. The minimum atomic E-state index is -0.288. The third kappa shape index (κ3) is 2.54. The molecular formula is C8H14N2O2. The molecule has 1 aliphatic rings. The Morgan fingerprint density at radius 1 is 1.50 bits per heavy atom. The third-order valence-corrected chi connectivity index (χ3v) is 1.64. The summed E-state index contributed by atoms with van der Waals surface area (Å²) in [6.45, 7) is 8.28. The smallest absolute Gasteiger partial charge is 0.414 e. The zero-order valence-electron chi connectivity index (χ0n) is 7.30. The van der Waals surface area contributed by atoms with Gasteiger partial charge < -0.3 is 15.0 Å². The predicted octanol–water partition coefficient (Wildman–Crippen LogP) is 0.562. The molecule has 0 spiro atoms. The van der Waals surface area contributed by atoms with E-state index in [1.54, 1.807) is 11.8 Å². The molecule has 1 saturated heterocycles. The van der Waals surface area contributed by atoms with Crippen LogP contribution in [0.2, 0.25) is 0 Å². The van der Waals surface area contributed by atoms with E-state index in [0.29, 0.717) is 18.8 Å². The molecule has 0 aromatic rings. The van der Waals surface area contributed by atoms with Crippen LogP contribution in [0.15, 0.2) is 12.3 Å². The Morgan fingerprint density at radius 3 is 2.58 bits per heavy atom. The van der Waals surface area contributed by atoms with Gasteiger partial charge in [-0.05, 0) is 6.92 Å². The van der Waals surface area contributed by atoms with Crippen LogP contribution in [0.4, 0.5) is 4.79 Å². The summed E-state index contributed by atoms with van der Waals surface area (Å²) in [5, 5.41) is 3.15. The molecule has 4 heteroatoms. The molecule has 0 aliphatic carbocycles. The molecule has 0 saturated carbocycles. The van der Waals surface area contributed by atoms with E-state index in [1.807, 2.05) is 0 Å². The maximum atomic E-state index is 11.2. The summed E-state index contributed by atoms with van der Waals surface area (Å²) in [5.74, 6) is 0.443. The number of carbonyl (C=O) groups excluding carboxylic acids is 1. The second-order valence-corrected chi connectivity index (χ2v) is 2.81. The average Bonchev–Trinajstić information content (AvgIpc) is 2.05. The molecule has 68 valence electrons. The normalized spacial score (nSPS) is 17.2. The standard InChI is InChI=1S/C8H14N2O2/c1-7(2)12-8(11)10-5-3-9-4-6-10/h9H,1,3-6H2,2H3. The van der Waals surface area contributed by atoms with Gasteiger partial charge in [0.25, 0.3) is 0 Å². The summed E-state index contributed by atoms with van der Waals surface area (Å²) in [6.07, 6.45) is -0.288. The monoisotopic (exact) mass is 170 g/mol. The summed E-state index contributed by atoms with van der Waals surface area (Å²) in [5.41, 5.74) is 0. The maximum Gasteiger partial charge on any atom is 0.414 e. The van der Waals surface area contributed by atoms with Gasteiger partial charge in [0.05, 0.1) is 5.76 Å². The van der Waals surface area contributed by atoms with E-state index in [4.69, 9.17) is 4.74 Å². The van der Waals surface area contributed by atoms with Crippen molar-refractivity contribution in [2.75, 3.05) is 26.2 Å². The van der Waals surface area contributed by atoms with E-state index in [2.05, 4.69) is 11.9 Å². The fourth-order valence-corrected chi connectivity index (χ4v) is 1.06. The van der Waals surface area contributed by atoms with Crippen LogP contribution in [0.5, 0.6) is 0 Å². The van der Waals surface area contributed by atoms with Gasteiger partial charge in [0, 0.05) is 26.2 Å². The molecule has 1 amide bonds. The van der Waals surface area contributed by atoms with E-state index < -0.39 is 0 Å². The highest BCUT2D eigenvalue weighted by Gasteiger charge is 2.16. The first-order valence-corrected chi connectivity index (χ1v) is 4.03. The van der Waals surface area contributed by atoms with Crippen molar-refractivity contribution < 1.29 is 9.53 Å². The Kier molecular flexibility index (Phi) is 3.10. The van der Waals surface area contributed by atoms with Gasteiger partial charge >= 0.3 is 6.09 Å². The Balaban J connectivity index is 2.34. The van der Waals surface area contributed by atoms with E-state index in [1.165, 1.54) is 0 Å². The lowest BCUT2D eigenvalue weighted by Crippen LogP contribution is -2.46. The van der Waals surface area contributed by atoms with E-state index in [-0.39, 0.29) is 6.09 Å². The third-order valence-electron chi connectivity index (χ3n) is 1.64. The molecule has 1 heterocycles. The molecule has 0 unspecified atom stereocenters. The second kappa shape index (κ2) is 4.11. The zero-order chi connectivity index (χ0) is 8.97. The minimum Gasteiger partial charge on any atom is -0.416 e. The lowest BCUT2D eigenvalue weighted by atomic mass is 10.4. The molecule has 0 bridgehead atoms. The highest BCUT2D eigenvalue weighted by molar-refractivity contribution is 5.68. The molecule has 1 aliphatic heterocycles. The van der Waals surface area contributed by atoms with Crippen LogP contribution < -0.4 is 5.32 Å². The molecular weight excluding hydrogens is 156 g/mol. The van der Waals surface area contributed by atoms with Crippen LogP contribution in [0.1, 0.15) is 6.92 Å². The number of allylic oxidation sites excluding steroid dienone is 1. The molecule has 0 atom stereocenters. The van der Waals surface area contributed by atoms with Crippen molar-refractivity contribution in [1.29, 1.82) is 0 Å². The largest absolute Gasteiger partial charge is 0.416 e. The fraction of sp³-hybridized carbons (Fsp3) is 0.625. The zero-order valence-corrected chi connectivity index (χ0v) is 7.30. The maximum absolute atomic E-state index is 11.2. The Labute approximate surface area is 72.2 Å². The number of carbonyl (C=O) groups is 1. The molecule has 0 aromatic carbocycles. The molecule has 1 fully saturated rings. The SMILES string of the molecule is C=C(C)OC(=O)N1CCNCC1. The first-order valence-electron chi connectivity index (χ1n) is 4.03. The lowest BCUT2D eigenvalue weighted by molar-refractivity contribution is 0.123. The highest BCUT2D eigenvalue weighted by atomic mass is 16.6. The van der Waals surface area contributed by atoms with Gasteiger partial charge in [0.15, 0.2) is 0 Å². The van der Waals surface area contributed by atoms with E-state index >= 15 is 0 Å². The van der Waals surface area contributed by atoms with E-state index in [0.717, 1.165) is 13.1 Å². The molecule has 1 rings (SSSR count). The van der Waals surface area contributed by atoms with Crippen LogP contribution in [0.25, 0.3) is 0 Å². The summed E-state index contributed by atoms with van der Waals surface area (Å²) < 4.78 is 4.85. The van der Waals surface area contributed by atoms with Crippen molar-refractivity contribution in [3.63, 3.8) is 0 Å². The Hall–Kier alpha value is -1.03. The first-order chi connectivity index (χ1) is 5.70. The van der Waals surface area contributed by atoms with Gasteiger partial charge in [-0.2, -0.15) is 0 Å². The van der Waals surface area contributed by atoms with Gasteiger partial charge in [-0.15, -0.1) is 0 Å². The van der Waals surface area contributed by atoms with Gasteiger partial charge in [-0.3, -0.25) is 0 Å². The highest BCUT2D eigenvalue weighted by Crippen LogP contribution is 2.00. The van der Waals surface area contributed by atoms with Crippen molar-refractivity contribution in [2.24, 2.45) is 0 Å². The summed E-state index contributed by atoms with van der Waals surface area (Å²) in [7, 11) is 0. The molecule has 12 heavy (non-hydrogen) atoms. The molecule has 4 nitrogen and oxygen atoms in total. The van der Waals surface area contributed by atoms with Gasteiger partial charge in [-0.1, -0.05) is 6.58 Å². The van der Waals surface area contributed by atoms with Crippen LogP contribution in [0, 0.1) is 0 Å². The lowest BCUT2D eigenvalue weighted by Gasteiger charge is -2.26. The van der Waals surface area contributed by atoms with Crippen molar-refractivity contribution in [3.8, 4) is 0 Å². The second-order valence-electron chi connectivity index (χ2n) is 2.81. The Bertz CT molecular complexity index is 185. The number of hydrogen-bond acceptors (Lipinski definition) is 3. The molecule has 0 aromatic heterocycles. The van der Waals surface area contributed by atoms with Crippen LogP contribution in [0.3, 0.4) is 0 Å². The molecule has 1 N–H and O–H groups in total. The number of nitrogens with zero attached hydrogens (tertiary/aromatic N) is 1. The van der Waals surface area contributed by atoms with Crippen LogP contribution >= 0.6 is 0 Å².